The number of benzene rings is 2. The summed E-state index contributed by atoms with van der Waals surface area (Å²) in [5.41, 5.74) is 3.17. The van der Waals surface area contributed by atoms with Gasteiger partial charge in [0.05, 0.1) is 15.9 Å². The van der Waals surface area contributed by atoms with E-state index in [2.05, 4.69) is 45.6 Å². The van der Waals surface area contributed by atoms with Crippen LogP contribution in [0.25, 0.3) is 16.5 Å². The van der Waals surface area contributed by atoms with Crippen molar-refractivity contribution >= 4 is 28.1 Å². The molecule has 0 aliphatic carbocycles. The highest BCUT2D eigenvalue weighted by atomic mass is 35.5. The van der Waals surface area contributed by atoms with Crippen molar-refractivity contribution in [2.45, 2.75) is 31.7 Å². The van der Waals surface area contributed by atoms with Gasteiger partial charge in [0, 0.05) is 19.0 Å². The number of hydrogen-bond donors (Lipinski definition) is 2. The summed E-state index contributed by atoms with van der Waals surface area (Å²) >= 11 is 6.20. The molecule has 1 aliphatic rings. The van der Waals surface area contributed by atoms with Crippen molar-refractivity contribution in [3.05, 3.63) is 81.4 Å². The standard InChI is InChI=1S/C22H22ClN3O/c23-19-10-5-9-18-21(19)25-20(26-22(18)27)11-4-8-17-14-16(12-13-24-17)15-6-2-1-3-7-15/h1-3,5-7,9-10,12,17,24H,4,8,11,13-14H2,(H,25,26,27). The van der Waals surface area contributed by atoms with Crippen LogP contribution in [0.2, 0.25) is 5.02 Å². The van der Waals surface area contributed by atoms with Crippen LogP contribution < -0.4 is 10.9 Å². The van der Waals surface area contributed by atoms with Gasteiger partial charge >= 0.3 is 0 Å². The molecule has 2 N–H and O–H groups in total. The summed E-state index contributed by atoms with van der Waals surface area (Å²) in [6, 6.07) is 16.3. The SMILES string of the molecule is O=c1[nH]c(CCCC2CC(c3ccccc3)=CCN2)nc2c(Cl)cccc12. The molecule has 1 aliphatic heterocycles. The Morgan fingerprint density at radius 3 is 2.81 bits per heavy atom. The molecule has 0 radical (unpaired) electrons. The lowest BCUT2D eigenvalue weighted by Crippen LogP contribution is -2.33. The zero-order valence-electron chi connectivity index (χ0n) is 15.0. The fraction of sp³-hybridized carbons (Fsp3) is 0.273. The summed E-state index contributed by atoms with van der Waals surface area (Å²) < 4.78 is 0. The van der Waals surface area contributed by atoms with Gasteiger partial charge in [0.15, 0.2) is 0 Å². The number of aromatic nitrogens is 2. The Morgan fingerprint density at radius 1 is 1.11 bits per heavy atom. The van der Waals surface area contributed by atoms with Crippen molar-refractivity contribution in [1.29, 1.82) is 0 Å². The first-order valence-electron chi connectivity index (χ1n) is 9.36. The average molecular weight is 380 g/mol. The molecule has 3 aromatic rings. The Balaban J connectivity index is 1.39. The molecule has 2 heterocycles. The maximum absolute atomic E-state index is 12.2. The second kappa shape index (κ2) is 8.07. The van der Waals surface area contributed by atoms with Crippen LogP contribution in [-0.4, -0.2) is 22.6 Å². The molecule has 0 saturated carbocycles. The molecule has 0 amide bonds. The van der Waals surface area contributed by atoms with Gasteiger partial charge in [-0.25, -0.2) is 4.98 Å². The largest absolute Gasteiger partial charge is 0.310 e. The molecule has 1 atom stereocenters. The van der Waals surface area contributed by atoms with Crippen LogP contribution in [0.5, 0.6) is 0 Å². The quantitative estimate of drug-likeness (QED) is 0.693. The Hall–Kier alpha value is -2.43. The van der Waals surface area contributed by atoms with E-state index < -0.39 is 0 Å². The first kappa shape index (κ1) is 18.0. The Labute approximate surface area is 163 Å². The molecule has 5 heteroatoms. The van der Waals surface area contributed by atoms with E-state index in [1.165, 1.54) is 11.1 Å². The topological polar surface area (TPSA) is 57.8 Å². The number of para-hydroxylation sites is 1. The summed E-state index contributed by atoms with van der Waals surface area (Å²) in [6.07, 6.45) is 6.03. The summed E-state index contributed by atoms with van der Waals surface area (Å²) in [5, 5.41) is 4.62. The molecule has 0 spiro atoms. The molecule has 2 aromatic carbocycles. The number of fused-ring (bicyclic) bond motifs is 1. The molecule has 4 nitrogen and oxygen atoms in total. The third kappa shape index (κ3) is 4.12. The third-order valence-electron chi connectivity index (χ3n) is 5.07. The van der Waals surface area contributed by atoms with E-state index in [4.69, 9.17) is 11.6 Å². The number of halogens is 1. The van der Waals surface area contributed by atoms with Gasteiger partial charge in [0.1, 0.15) is 5.82 Å². The predicted octanol–water partition coefficient (Wildman–Crippen LogP) is 4.34. The van der Waals surface area contributed by atoms with Crippen molar-refractivity contribution < 1.29 is 0 Å². The molecule has 1 unspecified atom stereocenters. The summed E-state index contributed by atoms with van der Waals surface area (Å²) in [5.74, 6) is 0.704. The van der Waals surface area contributed by atoms with Gasteiger partial charge in [-0.05, 0) is 42.5 Å². The molecular weight excluding hydrogens is 358 g/mol. The van der Waals surface area contributed by atoms with E-state index in [-0.39, 0.29) is 5.56 Å². The van der Waals surface area contributed by atoms with Crippen molar-refractivity contribution in [3.8, 4) is 0 Å². The van der Waals surface area contributed by atoms with Crippen LogP contribution in [0, 0.1) is 0 Å². The van der Waals surface area contributed by atoms with Crippen LogP contribution in [0.4, 0.5) is 0 Å². The van der Waals surface area contributed by atoms with Crippen molar-refractivity contribution in [1.82, 2.24) is 15.3 Å². The van der Waals surface area contributed by atoms with E-state index >= 15 is 0 Å². The minimum Gasteiger partial charge on any atom is -0.310 e. The van der Waals surface area contributed by atoms with Crippen molar-refractivity contribution in [3.63, 3.8) is 0 Å². The van der Waals surface area contributed by atoms with Gasteiger partial charge in [0.2, 0.25) is 0 Å². The Bertz CT molecular complexity index is 1030. The van der Waals surface area contributed by atoms with E-state index in [1.54, 1.807) is 18.2 Å². The molecule has 138 valence electrons. The van der Waals surface area contributed by atoms with Gasteiger partial charge < -0.3 is 10.3 Å². The van der Waals surface area contributed by atoms with Crippen molar-refractivity contribution in [2.24, 2.45) is 0 Å². The summed E-state index contributed by atoms with van der Waals surface area (Å²) in [7, 11) is 0. The highest BCUT2D eigenvalue weighted by Crippen LogP contribution is 2.24. The highest BCUT2D eigenvalue weighted by molar-refractivity contribution is 6.34. The number of hydrogen-bond acceptors (Lipinski definition) is 3. The molecule has 4 rings (SSSR count). The second-order valence-corrected chi connectivity index (χ2v) is 7.35. The van der Waals surface area contributed by atoms with Gasteiger partial charge in [-0.2, -0.15) is 0 Å². The third-order valence-corrected chi connectivity index (χ3v) is 5.37. The maximum Gasteiger partial charge on any atom is 0.258 e. The number of aromatic amines is 1. The monoisotopic (exact) mass is 379 g/mol. The lowest BCUT2D eigenvalue weighted by Gasteiger charge is -2.24. The minimum absolute atomic E-state index is 0.123. The molecule has 1 aromatic heterocycles. The van der Waals surface area contributed by atoms with Gasteiger partial charge in [0.25, 0.3) is 5.56 Å². The molecular formula is C22H22ClN3O. The van der Waals surface area contributed by atoms with Gasteiger partial charge in [-0.15, -0.1) is 0 Å². The summed E-state index contributed by atoms with van der Waals surface area (Å²) in [6.45, 7) is 0.898. The number of nitrogens with zero attached hydrogens (tertiary/aromatic N) is 1. The Morgan fingerprint density at radius 2 is 1.96 bits per heavy atom. The lowest BCUT2D eigenvalue weighted by atomic mass is 9.93. The molecule has 27 heavy (non-hydrogen) atoms. The first-order chi connectivity index (χ1) is 13.2. The Kier molecular flexibility index (Phi) is 5.37. The number of H-pyrrole nitrogens is 1. The number of rotatable bonds is 5. The van der Waals surface area contributed by atoms with E-state index in [1.807, 2.05) is 6.07 Å². The first-order valence-corrected chi connectivity index (χ1v) is 9.74. The lowest BCUT2D eigenvalue weighted by molar-refractivity contribution is 0.483. The van der Waals surface area contributed by atoms with E-state index in [9.17, 15) is 4.79 Å². The van der Waals surface area contributed by atoms with Crippen LogP contribution >= 0.6 is 11.6 Å². The van der Waals surface area contributed by atoms with Gasteiger partial charge in [-0.3, -0.25) is 4.79 Å². The number of nitrogens with one attached hydrogen (secondary N) is 2. The van der Waals surface area contributed by atoms with Crippen molar-refractivity contribution in [2.75, 3.05) is 6.54 Å². The van der Waals surface area contributed by atoms with E-state index in [0.717, 1.165) is 32.2 Å². The second-order valence-electron chi connectivity index (χ2n) is 6.95. The van der Waals surface area contributed by atoms with Crippen LogP contribution in [0.3, 0.4) is 0 Å². The normalized spacial score (nSPS) is 17.1. The van der Waals surface area contributed by atoms with Crippen LogP contribution in [0.15, 0.2) is 59.4 Å². The predicted molar refractivity (Wildman–Crippen MR) is 111 cm³/mol. The molecule has 0 saturated heterocycles. The zero-order chi connectivity index (χ0) is 18.6. The highest BCUT2D eigenvalue weighted by Gasteiger charge is 2.16. The molecule has 0 bridgehead atoms. The smallest absolute Gasteiger partial charge is 0.258 e. The minimum atomic E-state index is -0.123. The fourth-order valence-electron chi connectivity index (χ4n) is 3.67. The number of aryl methyl sites for hydroxylation is 1. The maximum atomic E-state index is 12.2. The average Bonchev–Trinajstić information content (AvgIpc) is 2.70. The molecule has 0 fully saturated rings. The van der Waals surface area contributed by atoms with Gasteiger partial charge in [-0.1, -0.05) is 54.1 Å². The summed E-state index contributed by atoms with van der Waals surface area (Å²) in [4.78, 5) is 19.7. The zero-order valence-corrected chi connectivity index (χ0v) is 15.8. The van der Waals surface area contributed by atoms with E-state index in [0.29, 0.717) is 27.8 Å². The van der Waals surface area contributed by atoms with Crippen LogP contribution in [-0.2, 0) is 6.42 Å². The van der Waals surface area contributed by atoms with Crippen LogP contribution in [0.1, 0.15) is 30.7 Å². The fourth-order valence-corrected chi connectivity index (χ4v) is 3.89.